The van der Waals surface area contributed by atoms with Gasteiger partial charge in [0.15, 0.2) is 0 Å². The molecule has 30 heavy (non-hydrogen) atoms. The molecule has 2 aliphatic carbocycles. The third kappa shape index (κ3) is 2.82. The first kappa shape index (κ1) is 18.2. The SMILES string of the molecule is Clc1c(-c2ccc3c(c2Cl)Cc2ccccc2C3)ccc2c1Cc1ccccc1C2. The van der Waals surface area contributed by atoms with Crippen molar-refractivity contribution in [3.05, 3.63) is 127 Å². The molecule has 0 saturated heterocycles. The molecular formula is C28H20Cl2. The van der Waals surface area contributed by atoms with Gasteiger partial charge in [-0.15, -0.1) is 0 Å². The van der Waals surface area contributed by atoms with Crippen LogP contribution in [0.1, 0.15) is 44.5 Å². The van der Waals surface area contributed by atoms with Crippen LogP contribution in [0.5, 0.6) is 0 Å². The van der Waals surface area contributed by atoms with Gasteiger partial charge in [0, 0.05) is 11.1 Å². The van der Waals surface area contributed by atoms with Crippen LogP contribution in [0.15, 0.2) is 72.8 Å². The number of fused-ring (bicyclic) bond motifs is 4. The van der Waals surface area contributed by atoms with Crippen molar-refractivity contribution in [3.63, 3.8) is 0 Å². The molecule has 4 aromatic carbocycles. The number of benzene rings is 4. The minimum Gasteiger partial charge on any atom is -0.0833 e. The Morgan fingerprint density at radius 1 is 0.400 bits per heavy atom. The van der Waals surface area contributed by atoms with Gasteiger partial charge < -0.3 is 0 Å². The molecule has 0 nitrogen and oxygen atoms in total. The van der Waals surface area contributed by atoms with E-state index >= 15 is 0 Å². The number of hydrogen-bond acceptors (Lipinski definition) is 0. The van der Waals surface area contributed by atoms with Crippen LogP contribution in [0.2, 0.25) is 10.0 Å². The normalized spacial score (nSPS) is 13.8. The lowest BCUT2D eigenvalue weighted by atomic mass is 9.82. The zero-order chi connectivity index (χ0) is 20.2. The van der Waals surface area contributed by atoms with Crippen molar-refractivity contribution in [2.75, 3.05) is 0 Å². The Morgan fingerprint density at radius 3 is 1.17 bits per heavy atom. The van der Waals surface area contributed by atoms with E-state index in [9.17, 15) is 0 Å². The average Bonchev–Trinajstić information content (AvgIpc) is 2.78. The maximum absolute atomic E-state index is 7.01. The van der Waals surface area contributed by atoms with Gasteiger partial charge in [0.1, 0.15) is 0 Å². The minimum atomic E-state index is 0.847. The molecule has 0 heterocycles. The molecule has 0 radical (unpaired) electrons. The molecule has 0 atom stereocenters. The predicted octanol–water partition coefficient (Wildman–Crippen LogP) is 7.65. The van der Waals surface area contributed by atoms with E-state index in [1.165, 1.54) is 44.5 Å². The summed E-state index contributed by atoms with van der Waals surface area (Å²) in [4.78, 5) is 0. The van der Waals surface area contributed by atoms with Gasteiger partial charge in [-0.1, -0.05) is 96.0 Å². The third-order valence-corrected chi connectivity index (χ3v) is 7.57. The summed E-state index contributed by atoms with van der Waals surface area (Å²) in [5.74, 6) is 0. The van der Waals surface area contributed by atoms with E-state index in [4.69, 9.17) is 23.2 Å². The van der Waals surface area contributed by atoms with Crippen LogP contribution in [0.25, 0.3) is 11.1 Å². The highest BCUT2D eigenvalue weighted by Gasteiger charge is 2.23. The number of hydrogen-bond donors (Lipinski definition) is 0. The molecule has 0 N–H and O–H groups in total. The largest absolute Gasteiger partial charge is 0.0833 e. The molecule has 0 amide bonds. The fourth-order valence-electron chi connectivity index (χ4n) is 5.05. The van der Waals surface area contributed by atoms with Crippen LogP contribution in [0, 0.1) is 0 Å². The van der Waals surface area contributed by atoms with Crippen molar-refractivity contribution in [2.45, 2.75) is 25.7 Å². The first-order valence-corrected chi connectivity index (χ1v) is 11.2. The summed E-state index contributed by atoms with van der Waals surface area (Å²) >= 11 is 14.0. The molecule has 0 aliphatic heterocycles. The van der Waals surface area contributed by atoms with Gasteiger partial charge in [0.25, 0.3) is 0 Å². The quantitative estimate of drug-likeness (QED) is 0.253. The van der Waals surface area contributed by atoms with Crippen molar-refractivity contribution < 1.29 is 0 Å². The van der Waals surface area contributed by atoms with Gasteiger partial charge >= 0.3 is 0 Å². The van der Waals surface area contributed by atoms with Gasteiger partial charge in [-0.3, -0.25) is 0 Å². The average molecular weight is 427 g/mol. The standard InChI is InChI=1S/C28H20Cl2/c29-27-23(11-9-21-13-17-5-1-3-7-19(17)15-25(21)27)24-12-10-22-14-18-6-2-4-8-20(18)16-26(22)28(24)30/h1-12H,13-16H2. The van der Waals surface area contributed by atoms with Crippen molar-refractivity contribution in [2.24, 2.45) is 0 Å². The second-order valence-corrected chi connectivity index (χ2v) is 9.13. The Bertz CT molecular complexity index is 1210. The third-order valence-electron chi connectivity index (χ3n) is 6.70. The molecule has 2 aliphatic rings. The van der Waals surface area contributed by atoms with Crippen LogP contribution in [-0.2, 0) is 25.7 Å². The lowest BCUT2D eigenvalue weighted by Crippen LogP contribution is -2.09. The van der Waals surface area contributed by atoms with Gasteiger partial charge in [-0.25, -0.2) is 0 Å². The van der Waals surface area contributed by atoms with Crippen molar-refractivity contribution in [3.8, 4) is 11.1 Å². The van der Waals surface area contributed by atoms with E-state index in [0.29, 0.717) is 0 Å². The van der Waals surface area contributed by atoms with E-state index in [2.05, 4.69) is 72.8 Å². The lowest BCUT2D eigenvalue weighted by Gasteiger charge is -2.24. The number of rotatable bonds is 1. The molecule has 0 saturated carbocycles. The van der Waals surface area contributed by atoms with E-state index in [1.807, 2.05) is 0 Å². The van der Waals surface area contributed by atoms with Gasteiger partial charge in [0.05, 0.1) is 10.0 Å². The molecule has 146 valence electrons. The fraction of sp³-hybridized carbons (Fsp3) is 0.143. The van der Waals surface area contributed by atoms with E-state index in [1.54, 1.807) is 0 Å². The molecule has 0 spiro atoms. The topological polar surface area (TPSA) is 0 Å². The molecule has 4 aromatic rings. The molecule has 6 rings (SSSR count). The summed E-state index contributed by atoms with van der Waals surface area (Å²) < 4.78 is 0. The Balaban J connectivity index is 1.44. The van der Waals surface area contributed by atoms with Crippen LogP contribution in [0.4, 0.5) is 0 Å². The Morgan fingerprint density at radius 2 is 0.767 bits per heavy atom. The predicted molar refractivity (Wildman–Crippen MR) is 126 cm³/mol. The lowest BCUT2D eigenvalue weighted by molar-refractivity contribution is 0.998. The van der Waals surface area contributed by atoms with Crippen LogP contribution in [-0.4, -0.2) is 0 Å². The van der Waals surface area contributed by atoms with Crippen molar-refractivity contribution in [1.82, 2.24) is 0 Å². The maximum atomic E-state index is 7.01. The molecule has 0 aromatic heterocycles. The second-order valence-electron chi connectivity index (χ2n) is 8.37. The smallest absolute Gasteiger partial charge is 0.0523 e. The van der Waals surface area contributed by atoms with Crippen LogP contribution >= 0.6 is 23.2 Å². The van der Waals surface area contributed by atoms with Gasteiger partial charge in [-0.05, 0) is 70.2 Å². The van der Waals surface area contributed by atoms with E-state index in [0.717, 1.165) is 46.9 Å². The van der Waals surface area contributed by atoms with Crippen molar-refractivity contribution >= 4 is 23.2 Å². The Hall–Kier alpha value is -2.54. The summed E-state index contributed by atoms with van der Waals surface area (Å²) in [6, 6.07) is 26.1. The highest BCUT2D eigenvalue weighted by atomic mass is 35.5. The molecule has 0 fully saturated rings. The first-order valence-electron chi connectivity index (χ1n) is 10.4. The summed E-state index contributed by atoms with van der Waals surface area (Å²) in [6.45, 7) is 0. The van der Waals surface area contributed by atoms with Crippen LogP contribution in [0.3, 0.4) is 0 Å². The monoisotopic (exact) mass is 426 g/mol. The molecule has 0 unspecified atom stereocenters. The number of halogens is 2. The van der Waals surface area contributed by atoms with E-state index < -0.39 is 0 Å². The fourth-order valence-corrected chi connectivity index (χ4v) is 5.75. The van der Waals surface area contributed by atoms with Crippen LogP contribution < -0.4 is 0 Å². The summed E-state index contributed by atoms with van der Waals surface area (Å²) in [7, 11) is 0. The summed E-state index contributed by atoms with van der Waals surface area (Å²) in [5, 5.41) is 1.69. The maximum Gasteiger partial charge on any atom is 0.0523 e. The Kier molecular flexibility index (Phi) is 4.26. The van der Waals surface area contributed by atoms with Crippen molar-refractivity contribution in [1.29, 1.82) is 0 Å². The Labute approximate surface area is 187 Å². The minimum absolute atomic E-state index is 0.847. The van der Waals surface area contributed by atoms with E-state index in [-0.39, 0.29) is 0 Å². The summed E-state index contributed by atoms with van der Waals surface area (Å²) in [5.41, 5.74) is 12.8. The highest BCUT2D eigenvalue weighted by Crippen LogP contribution is 2.43. The zero-order valence-corrected chi connectivity index (χ0v) is 18.0. The molecular weight excluding hydrogens is 407 g/mol. The molecule has 2 heteroatoms. The van der Waals surface area contributed by atoms with Gasteiger partial charge in [0.2, 0.25) is 0 Å². The highest BCUT2D eigenvalue weighted by molar-refractivity contribution is 6.37. The second kappa shape index (κ2) is 7.01. The van der Waals surface area contributed by atoms with Gasteiger partial charge in [-0.2, -0.15) is 0 Å². The zero-order valence-electron chi connectivity index (χ0n) is 16.5. The summed E-state index contributed by atoms with van der Waals surface area (Å²) in [6.07, 6.45) is 3.66. The molecule has 0 bridgehead atoms. The first-order chi connectivity index (χ1) is 14.7.